The second-order valence-electron chi connectivity index (χ2n) is 5.15. The van der Waals surface area contributed by atoms with Crippen molar-refractivity contribution in [3.8, 4) is 5.75 Å². The van der Waals surface area contributed by atoms with E-state index in [0.29, 0.717) is 18.0 Å². The first-order valence-corrected chi connectivity index (χ1v) is 6.82. The van der Waals surface area contributed by atoms with Crippen molar-refractivity contribution in [3.63, 3.8) is 0 Å². The molecule has 0 spiro atoms. The van der Waals surface area contributed by atoms with Crippen LogP contribution in [0.25, 0.3) is 0 Å². The number of nitrogens with two attached hydrogens (primary N) is 1. The van der Waals surface area contributed by atoms with Crippen LogP contribution in [0.15, 0.2) is 24.3 Å². The fourth-order valence-corrected chi connectivity index (χ4v) is 2.76. The van der Waals surface area contributed by atoms with Gasteiger partial charge < -0.3 is 15.4 Å². The van der Waals surface area contributed by atoms with Gasteiger partial charge in [0.15, 0.2) is 0 Å². The number of likely N-dealkylation sites (tertiary alicyclic amines) is 1. The van der Waals surface area contributed by atoms with Gasteiger partial charge in [-0.05, 0) is 43.0 Å². The van der Waals surface area contributed by atoms with Gasteiger partial charge in [-0.1, -0.05) is 6.92 Å². The molecule has 0 radical (unpaired) electrons. The number of carbonyl (C=O) groups excluding carboxylic acids is 1. The van der Waals surface area contributed by atoms with Crippen LogP contribution >= 0.6 is 0 Å². The van der Waals surface area contributed by atoms with E-state index in [1.807, 2.05) is 29.2 Å². The third-order valence-electron chi connectivity index (χ3n) is 3.95. The molecule has 1 fully saturated rings. The molecule has 2 rings (SSSR count). The first-order valence-electron chi connectivity index (χ1n) is 6.82. The Hall–Kier alpha value is -1.55. The number of piperidine rings is 1. The Morgan fingerprint density at radius 2 is 2.11 bits per heavy atom. The van der Waals surface area contributed by atoms with Crippen molar-refractivity contribution < 1.29 is 9.53 Å². The highest BCUT2D eigenvalue weighted by atomic mass is 16.5. The van der Waals surface area contributed by atoms with Crippen molar-refractivity contribution in [1.29, 1.82) is 0 Å². The first kappa shape index (κ1) is 13.9. The molecule has 1 heterocycles. The monoisotopic (exact) mass is 262 g/mol. The largest absolute Gasteiger partial charge is 0.497 e. The summed E-state index contributed by atoms with van der Waals surface area (Å²) in [6.45, 7) is 3.51. The van der Waals surface area contributed by atoms with E-state index in [0.717, 1.165) is 25.1 Å². The maximum absolute atomic E-state index is 12.5. The van der Waals surface area contributed by atoms with Gasteiger partial charge in [0.1, 0.15) is 5.75 Å². The average Bonchev–Trinajstić information content (AvgIpc) is 2.46. The number of ether oxygens (including phenoxy) is 1. The topological polar surface area (TPSA) is 55.6 Å². The molecule has 2 N–H and O–H groups in total. The molecule has 104 valence electrons. The minimum atomic E-state index is 0.0738. The molecule has 0 bridgehead atoms. The lowest BCUT2D eigenvalue weighted by Crippen LogP contribution is -2.51. The summed E-state index contributed by atoms with van der Waals surface area (Å²) in [7, 11) is 1.62. The van der Waals surface area contributed by atoms with Crippen LogP contribution in [-0.4, -0.2) is 37.0 Å². The van der Waals surface area contributed by atoms with Gasteiger partial charge in [-0.25, -0.2) is 0 Å². The molecule has 2 unspecified atom stereocenters. The minimum absolute atomic E-state index is 0.0738. The average molecular weight is 262 g/mol. The Morgan fingerprint density at radius 1 is 1.42 bits per heavy atom. The van der Waals surface area contributed by atoms with Gasteiger partial charge in [-0.2, -0.15) is 0 Å². The third kappa shape index (κ3) is 2.89. The molecule has 1 aromatic rings. The predicted octanol–water partition coefficient (Wildman–Crippen LogP) is 1.89. The van der Waals surface area contributed by atoms with Crippen molar-refractivity contribution >= 4 is 5.91 Å². The Morgan fingerprint density at radius 3 is 2.68 bits per heavy atom. The van der Waals surface area contributed by atoms with Crippen LogP contribution < -0.4 is 10.5 Å². The number of methoxy groups -OCH3 is 1. The zero-order valence-corrected chi connectivity index (χ0v) is 11.6. The lowest BCUT2D eigenvalue weighted by molar-refractivity contribution is 0.0532. The van der Waals surface area contributed by atoms with Gasteiger partial charge in [-0.3, -0.25) is 4.79 Å². The Bertz CT molecular complexity index is 430. The number of hydrogen-bond donors (Lipinski definition) is 1. The fourth-order valence-electron chi connectivity index (χ4n) is 2.76. The lowest BCUT2D eigenvalue weighted by Gasteiger charge is -2.39. The number of benzene rings is 1. The highest BCUT2D eigenvalue weighted by molar-refractivity contribution is 5.94. The van der Waals surface area contributed by atoms with Crippen LogP contribution in [0.5, 0.6) is 5.75 Å². The van der Waals surface area contributed by atoms with Gasteiger partial charge in [0, 0.05) is 24.7 Å². The van der Waals surface area contributed by atoms with Crippen LogP contribution in [0.3, 0.4) is 0 Å². The molecule has 0 aromatic heterocycles. The molecule has 19 heavy (non-hydrogen) atoms. The van der Waals surface area contributed by atoms with E-state index in [2.05, 4.69) is 6.92 Å². The molecular weight excluding hydrogens is 240 g/mol. The van der Waals surface area contributed by atoms with E-state index in [-0.39, 0.29) is 11.9 Å². The van der Waals surface area contributed by atoms with E-state index in [1.165, 1.54) is 0 Å². The molecule has 0 aliphatic carbocycles. The highest BCUT2D eigenvalue weighted by Gasteiger charge is 2.31. The maximum Gasteiger partial charge on any atom is 0.254 e. The van der Waals surface area contributed by atoms with Crippen molar-refractivity contribution in [2.24, 2.45) is 11.7 Å². The molecule has 4 nitrogen and oxygen atoms in total. The van der Waals surface area contributed by atoms with Crippen LogP contribution in [0.1, 0.15) is 30.1 Å². The molecule has 1 saturated heterocycles. The van der Waals surface area contributed by atoms with Gasteiger partial charge in [-0.15, -0.1) is 0 Å². The van der Waals surface area contributed by atoms with Crippen molar-refractivity contribution in [3.05, 3.63) is 29.8 Å². The number of amides is 1. The normalized spacial score (nSPS) is 23.2. The third-order valence-corrected chi connectivity index (χ3v) is 3.95. The molecule has 1 aromatic carbocycles. The van der Waals surface area contributed by atoms with Gasteiger partial charge in [0.2, 0.25) is 0 Å². The molecule has 1 aliphatic rings. The fraction of sp³-hybridized carbons (Fsp3) is 0.533. The summed E-state index contributed by atoms with van der Waals surface area (Å²) in [6.07, 6.45) is 2.20. The Kier molecular flexibility index (Phi) is 4.43. The summed E-state index contributed by atoms with van der Waals surface area (Å²) in [5.74, 6) is 1.31. The van der Waals surface area contributed by atoms with Crippen LogP contribution in [0.4, 0.5) is 0 Å². The minimum Gasteiger partial charge on any atom is -0.497 e. The van der Waals surface area contributed by atoms with E-state index in [1.54, 1.807) is 7.11 Å². The van der Waals surface area contributed by atoms with E-state index < -0.39 is 0 Å². The Balaban J connectivity index is 2.16. The molecule has 2 atom stereocenters. The van der Waals surface area contributed by atoms with E-state index in [4.69, 9.17) is 10.5 Å². The molecule has 0 saturated carbocycles. The van der Waals surface area contributed by atoms with Gasteiger partial charge >= 0.3 is 0 Å². The zero-order chi connectivity index (χ0) is 13.8. The summed E-state index contributed by atoms with van der Waals surface area (Å²) in [6, 6.07) is 7.42. The number of carbonyl (C=O) groups is 1. The summed E-state index contributed by atoms with van der Waals surface area (Å²) in [5, 5.41) is 0. The van der Waals surface area contributed by atoms with Crippen LogP contribution in [0, 0.1) is 5.92 Å². The summed E-state index contributed by atoms with van der Waals surface area (Å²) >= 11 is 0. The summed E-state index contributed by atoms with van der Waals surface area (Å²) in [5.41, 5.74) is 6.53. The highest BCUT2D eigenvalue weighted by Crippen LogP contribution is 2.24. The van der Waals surface area contributed by atoms with Crippen molar-refractivity contribution in [2.45, 2.75) is 25.8 Å². The lowest BCUT2D eigenvalue weighted by atomic mass is 9.90. The SMILES string of the molecule is COc1ccc(C(=O)N2CCCC(C)C2CN)cc1. The number of nitrogens with zero attached hydrogens (tertiary/aromatic N) is 1. The Labute approximate surface area is 114 Å². The number of rotatable bonds is 3. The predicted molar refractivity (Wildman–Crippen MR) is 75.3 cm³/mol. The zero-order valence-electron chi connectivity index (χ0n) is 11.6. The molecule has 4 heteroatoms. The van der Waals surface area contributed by atoms with Gasteiger partial charge in [0.05, 0.1) is 7.11 Å². The molecular formula is C15H22N2O2. The standard InChI is InChI=1S/C15H22N2O2/c1-11-4-3-9-17(14(11)10-16)15(18)12-5-7-13(19-2)8-6-12/h5-8,11,14H,3-4,9-10,16H2,1-2H3. The molecule has 1 aliphatic heterocycles. The van der Waals surface area contributed by atoms with E-state index in [9.17, 15) is 4.79 Å². The second kappa shape index (κ2) is 6.06. The summed E-state index contributed by atoms with van der Waals surface area (Å²) < 4.78 is 5.11. The summed E-state index contributed by atoms with van der Waals surface area (Å²) in [4.78, 5) is 14.5. The van der Waals surface area contributed by atoms with Gasteiger partial charge in [0.25, 0.3) is 5.91 Å². The smallest absolute Gasteiger partial charge is 0.254 e. The maximum atomic E-state index is 12.5. The van der Waals surface area contributed by atoms with Crippen LogP contribution in [-0.2, 0) is 0 Å². The quantitative estimate of drug-likeness (QED) is 0.905. The second-order valence-corrected chi connectivity index (χ2v) is 5.15. The van der Waals surface area contributed by atoms with Crippen molar-refractivity contribution in [1.82, 2.24) is 4.90 Å². The van der Waals surface area contributed by atoms with Crippen LogP contribution in [0.2, 0.25) is 0 Å². The van der Waals surface area contributed by atoms with Crippen molar-refractivity contribution in [2.75, 3.05) is 20.2 Å². The molecule has 1 amide bonds. The number of hydrogen-bond acceptors (Lipinski definition) is 3. The first-order chi connectivity index (χ1) is 9.17. The van der Waals surface area contributed by atoms with E-state index >= 15 is 0 Å².